The molecule has 1 aromatic carbocycles. The van der Waals surface area contributed by atoms with Crippen molar-refractivity contribution in [1.82, 2.24) is 0 Å². The molecule has 0 radical (unpaired) electrons. The molecule has 0 atom stereocenters. The Labute approximate surface area is 111 Å². The minimum absolute atomic E-state index is 0.194. The van der Waals surface area contributed by atoms with E-state index in [4.69, 9.17) is 10.5 Å². The van der Waals surface area contributed by atoms with Crippen LogP contribution in [0.5, 0.6) is 5.75 Å². The first-order chi connectivity index (χ1) is 8.42. The maximum Gasteiger partial charge on any atom is 0.122 e. The standard InChI is InChI=1S/C16H25NO/c1-11-13-8-6-5-7-12(13)9-15(18-4)14(11)10-16(2,3)17/h9H,5-8,10,17H2,1-4H3. The number of rotatable bonds is 3. The Morgan fingerprint density at radius 2 is 1.94 bits per heavy atom. The zero-order valence-corrected chi connectivity index (χ0v) is 12.1. The molecule has 0 bridgehead atoms. The van der Waals surface area contributed by atoms with E-state index in [2.05, 4.69) is 26.8 Å². The van der Waals surface area contributed by atoms with Crippen LogP contribution < -0.4 is 10.5 Å². The number of hydrogen-bond acceptors (Lipinski definition) is 2. The van der Waals surface area contributed by atoms with Crippen LogP contribution in [0, 0.1) is 6.92 Å². The Hall–Kier alpha value is -1.02. The highest BCUT2D eigenvalue weighted by Crippen LogP contribution is 2.34. The third-order valence-corrected chi connectivity index (χ3v) is 3.87. The summed E-state index contributed by atoms with van der Waals surface area (Å²) in [6, 6.07) is 2.24. The molecular formula is C16H25NO. The van der Waals surface area contributed by atoms with Crippen LogP contribution in [0.2, 0.25) is 0 Å². The van der Waals surface area contributed by atoms with E-state index < -0.39 is 0 Å². The largest absolute Gasteiger partial charge is 0.496 e. The average molecular weight is 247 g/mol. The van der Waals surface area contributed by atoms with Gasteiger partial charge in [-0.25, -0.2) is 0 Å². The van der Waals surface area contributed by atoms with Gasteiger partial charge in [-0.2, -0.15) is 0 Å². The van der Waals surface area contributed by atoms with Gasteiger partial charge in [0.05, 0.1) is 7.11 Å². The highest BCUT2D eigenvalue weighted by molar-refractivity contribution is 5.50. The van der Waals surface area contributed by atoms with Crippen molar-refractivity contribution in [1.29, 1.82) is 0 Å². The van der Waals surface area contributed by atoms with Crippen LogP contribution in [-0.4, -0.2) is 12.6 Å². The number of benzene rings is 1. The normalized spacial score (nSPS) is 15.4. The van der Waals surface area contributed by atoms with Gasteiger partial charge in [0.25, 0.3) is 0 Å². The molecule has 2 nitrogen and oxygen atoms in total. The molecule has 0 fully saturated rings. The molecule has 100 valence electrons. The Kier molecular flexibility index (Phi) is 3.67. The Morgan fingerprint density at radius 3 is 2.56 bits per heavy atom. The van der Waals surface area contributed by atoms with E-state index >= 15 is 0 Å². The smallest absolute Gasteiger partial charge is 0.122 e. The molecule has 0 heterocycles. The van der Waals surface area contributed by atoms with Crippen LogP contribution in [0.15, 0.2) is 6.07 Å². The van der Waals surface area contributed by atoms with Gasteiger partial charge in [0.1, 0.15) is 5.75 Å². The highest BCUT2D eigenvalue weighted by Gasteiger charge is 2.22. The molecule has 2 heteroatoms. The minimum atomic E-state index is -0.194. The van der Waals surface area contributed by atoms with E-state index in [0.717, 1.165) is 12.2 Å². The Morgan fingerprint density at radius 1 is 1.28 bits per heavy atom. The first kappa shape index (κ1) is 13.4. The molecule has 1 aliphatic carbocycles. The fraction of sp³-hybridized carbons (Fsp3) is 0.625. The van der Waals surface area contributed by atoms with Crippen molar-refractivity contribution < 1.29 is 4.74 Å². The summed E-state index contributed by atoms with van der Waals surface area (Å²) in [5, 5.41) is 0. The van der Waals surface area contributed by atoms with Gasteiger partial charge in [-0.15, -0.1) is 0 Å². The van der Waals surface area contributed by atoms with E-state index in [1.807, 2.05) is 0 Å². The van der Waals surface area contributed by atoms with Crippen molar-refractivity contribution in [3.63, 3.8) is 0 Å². The molecule has 2 rings (SSSR count). The summed E-state index contributed by atoms with van der Waals surface area (Å²) in [6.07, 6.45) is 5.89. The second kappa shape index (κ2) is 4.93. The van der Waals surface area contributed by atoms with Crippen LogP contribution in [0.3, 0.4) is 0 Å². The molecule has 0 saturated carbocycles. The lowest BCUT2D eigenvalue weighted by atomic mass is 9.83. The van der Waals surface area contributed by atoms with Gasteiger partial charge in [0.15, 0.2) is 0 Å². The van der Waals surface area contributed by atoms with Gasteiger partial charge < -0.3 is 10.5 Å². The number of nitrogens with two attached hydrogens (primary N) is 1. The molecule has 0 unspecified atom stereocenters. The van der Waals surface area contributed by atoms with Crippen molar-refractivity contribution in [3.05, 3.63) is 28.3 Å². The van der Waals surface area contributed by atoms with E-state index in [1.165, 1.54) is 42.4 Å². The topological polar surface area (TPSA) is 35.2 Å². The molecular weight excluding hydrogens is 222 g/mol. The summed E-state index contributed by atoms with van der Waals surface area (Å²) in [5.41, 5.74) is 11.7. The molecule has 0 aliphatic heterocycles. The molecule has 0 amide bonds. The Balaban J connectivity index is 2.50. The summed E-state index contributed by atoms with van der Waals surface area (Å²) >= 11 is 0. The predicted molar refractivity (Wildman–Crippen MR) is 76.3 cm³/mol. The first-order valence-corrected chi connectivity index (χ1v) is 6.89. The summed E-state index contributed by atoms with van der Waals surface area (Å²) in [6.45, 7) is 6.38. The molecule has 18 heavy (non-hydrogen) atoms. The first-order valence-electron chi connectivity index (χ1n) is 6.89. The van der Waals surface area contributed by atoms with Crippen molar-refractivity contribution in [2.24, 2.45) is 5.73 Å². The fourth-order valence-corrected chi connectivity index (χ4v) is 2.99. The number of fused-ring (bicyclic) bond motifs is 1. The average Bonchev–Trinajstić information content (AvgIpc) is 2.31. The van der Waals surface area contributed by atoms with Crippen LogP contribution in [-0.2, 0) is 19.3 Å². The SMILES string of the molecule is COc1cc2c(c(C)c1CC(C)(C)N)CCCC2. The van der Waals surface area contributed by atoms with E-state index in [0.29, 0.717) is 0 Å². The third-order valence-electron chi connectivity index (χ3n) is 3.87. The van der Waals surface area contributed by atoms with Crippen molar-refractivity contribution in [2.45, 2.75) is 58.4 Å². The fourth-order valence-electron chi connectivity index (χ4n) is 2.99. The van der Waals surface area contributed by atoms with Gasteiger partial charge in [0, 0.05) is 5.54 Å². The molecule has 1 aliphatic rings. The maximum absolute atomic E-state index is 6.18. The maximum atomic E-state index is 6.18. The van der Waals surface area contributed by atoms with Gasteiger partial charge in [-0.05, 0) is 81.2 Å². The van der Waals surface area contributed by atoms with Crippen LogP contribution in [0.4, 0.5) is 0 Å². The zero-order chi connectivity index (χ0) is 13.3. The summed E-state index contributed by atoms with van der Waals surface area (Å²) in [5.74, 6) is 1.02. The predicted octanol–water partition coefficient (Wildman–Crippen LogP) is 3.16. The summed E-state index contributed by atoms with van der Waals surface area (Å²) < 4.78 is 5.58. The lowest BCUT2D eigenvalue weighted by Gasteiger charge is -2.26. The number of ether oxygens (including phenoxy) is 1. The quantitative estimate of drug-likeness (QED) is 0.890. The molecule has 1 aromatic rings. The monoisotopic (exact) mass is 247 g/mol. The zero-order valence-electron chi connectivity index (χ0n) is 12.1. The number of methoxy groups -OCH3 is 1. The van der Waals surface area contributed by atoms with Crippen LogP contribution in [0.25, 0.3) is 0 Å². The summed E-state index contributed by atoms with van der Waals surface area (Å²) in [4.78, 5) is 0. The van der Waals surface area contributed by atoms with Gasteiger partial charge in [-0.1, -0.05) is 0 Å². The van der Waals surface area contributed by atoms with Crippen LogP contribution >= 0.6 is 0 Å². The van der Waals surface area contributed by atoms with Crippen LogP contribution in [0.1, 0.15) is 48.9 Å². The lowest BCUT2D eigenvalue weighted by Crippen LogP contribution is -2.35. The third kappa shape index (κ3) is 2.69. The number of hydrogen-bond donors (Lipinski definition) is 1. The number of aryl methyl sites for hydroxylation is 1. The van der Waals surface area contributed by atoms with Gasteiger partial charge in [0.2, 0.25) is 0 Å². The Bertz CT molecular complexity index is 443. The minimum Gasteiger partial charge on any atom is -0.496 e. The van der Waals surface area contributed by atoms with Gasteiger partial charge >= 0.3 is 0 Å². The van der Waals surface area contributed by atoms with Crippen molar-refractivity contribution in [3.8, 4) is 5.75 Å². The summed E-state index contributed by atoms with van der Waals surface area (Å²) in [7, 11) is 1.76. The molecule has 0 saturated heterocycles. The molecule has 2 N–H and O–H groups in total. The highest BCUT2D eigenvalue weighted by atomic mass is 16.5. The van der Waals surface area contributed by atoms with Crippen molar-refractivity contribution in [2.75, 3.05) is 7.11 Å². The van der Waals surface area contributed by atoms with Gasteiger partial charge in [-0.3, -0.25) is 0 Å². The van der Waals surface area contributed by atoms with E-state index in [1.54, 1.807) is 12.7 Å². The second-order valence-electron chi connectivity index (χ2n) is 6.19. The second-order valence-corrected chi connectivity index (χ2v) is 6.19. The van der Waals surface area contributed by atoms with Crippen molar-refractivity contribution >= 4 is 0 Å². The van der Waals surface area contributed by atoms with E-state index in [-0.39, 0.29) is 5.54 Å². The lowest BCUT2D eigenvalue weighted by molar-refractivity contribution is 0.400. The van der Waals surface area contributed by atoms with E-state index in [9.17, 15) is 0 Å². The molecule has 0 aromatic heterocycles. The molecule has 0 spiro atoms.